The van der Waals surface area contributed by atoms with Gasteiger partial charge in [0.15, 0.2) is 0 Å². The summed E-state index contributed by atoms with van der Waals surface area (Å²) in [4.78, 5) is 24.4. The molecule has 3 rings (SSSR count). The van der Waals surface area contributed by atoms with Gasteiger partial charge in [-0.15, -0.1) is 11.8 Å². The molecule has 0 spiro atoms. The second-order valence-electron chi connectivity index (χ2n) is 7.20. The van der Waals surface area contributed by atoms with E-state index < -0.39 is 0 Å². The average Bonchev–Trinajstić information content (AvgIpc) is 3.45. The van der Waals surface area contributed by atoms with Crippen molar-refractivity contribution in [2.75, 3.05) is 16.8 Å². The minimum atomic E-state index is -0.0873. The van der Waals surface area contributed by atoms with Gasteiger partial charge < -0.3 is 10.6 Å². The Labute approximate surface area is 165 Å². The van der Waals surface area contributed by atoms with E-state index in [1.165, 1.54) is 22.9 Å². The zero-order chi connectivity index (χ0) is 19.2. The molecule has 1 atom stereocenters. The first-order valence-electron chi connectivity index (χ1n) is 9.31. The number of amides is 2. The standard InChI is InChI=1S/C22H26N2O2S/c1-15-6-8-17(9-7-15)22(18-10-11-18)24-21(26)14-27-13-20(25)23-19-5-3-4-16(2)12-19/h3-9,12,18,22H,10-11,13-14H2,1-2H3,(H,23,25)(H,24,26). The number of hydrogen-bond acceptors (Lipinski definition) is 3. The molecule has 4 nitrogen and oxygen atoms in total. The summed E-state index contributed by atoms with van der Waals surface area (Å²) in [6.45, 7) is 4.05. The van der Waals surface area contributed by atoms with E-state index in [-0.39, 0.29) is 29.4 Å². The predicted molar refractivity (Wildman–Crippen MR) is 112 cm³/mol. The molecule has 2 aromatic carbocycles. The number of thioether (sulfide) groups is 1. The highest BCUT2D eigenvalue weighted by Gasteiger charge is 2.33. The summed E-state index contributed by atoms with van der Waals surface area (Å²) < 4.78 is 0. The molecule has 1 fully saturated rings. The molecule has 1 unspecified atom stereocenters. The number of carbonyl (C=O) groups is 2. The van der Waals surface area contributed by atoms with Gasteiger partial charge in [-0.3, -0.25) is 9.59 Å². The number of benzene rings is 2. The van der Waals surface area contributed by atoms with E-state index >= 15 is 0 Å². The molecule has 0 aromatic heterocycles. The summed E-state index contributed by atoms with van der Waals surface area (Å²) in [5.74, 6) is 0.985. The summed E-state index contributed by atoms with van der Waals surface area (Å²) >= 11 is 1.34. The molecule has 2 N–H and O–H groups in total. The van der Waals surface area contributed by atoms with E-state index in [0.29, 0.717) is 5.92 Å². The van der Waals surface area contributed by atoms with Crippen molar-refractivity contribution in [2.45, 2.75) is 32.7 Å². The van der Waals surface area contributed by atoms with Crippen LogP contribution in [0.2, 0.25) is 0 Å². The quantitative estimate of drug-likeness (QED) is 0.718. The van der Waals surface area contributed by atoms with Crippen molar-refractivity contribution < 1.29 is 9.59 Å². The summed E-state index contributed by atoms with van der Waals surface area (Å²) in [6.07, 6.45) is 2.32. The van der Waals surface area contributed by atoms with Crippen LogP contribution in [0.3, 0.4) is 0 Å². The highest BCUT2D eigenvalue weighted by molar-refractivity contribution is 8.00. The second-order valence-corrected chi connectivity index (χ2v) is 8.19. The Kier molecular flexibility index (Phi) is 6.56. The molecular weight excluding hydrogens is 356 g/mol. The van der Waals surface area contributed by atoms with Crippen LogP contribution in [0.15, 0.2) is 48.5 Å². The molecule has 5 heteroatoms. The second kappa shape index (κ2) is 9.09. The fourth-order valence-electron chi connectivity index (χ4n) is 3.05. The van der Waals surface area contributed by atoms with E-state index in [1.54, 1.807) is 0 Å². The van der Waals surface area contributed by atoms with Crippen LogP contribution in [0.5, 0.6) is 0 Å². The number of rotatable bonds is 8. The maximum atomic E-state index is 12.3. The third kappa shape index (κ3) is 6.14. The summed E-state index contributed by atoms with van der Waals surface area (Å²) in [6, 6.07) is 16.1. The fourth-order valence-corrected chi connectivity index (χ4v) is 3.68. The number of anilines is 1. The lowest BCUT2D eigenvalue weighted by Gasteiger charge is -2.19. The van der Waals surface area contributed by atoms with Crippen LogP contribution in [0.1, 0.15) is 35.6 Å². The van der Waals surface area contributed by atoms with E-state index in [1.807, 2.05) is 31.2 Å². The molecule has 27 heavy (non-hydrogen) atoms. The first-order chi connectivity index (χ1) is 13.0. The van der Waals surface area contributed by atoms with Crippen LogP contribution in [-0.2, 0) is 9.59 Å². The summed E-state index contributed by atoms with van der Waals surface area (Å²) in [5.41, 5.74) is 4.27. The number of carbonyl (C=O) groups excluding carboxylic acids is 2. The molecule has 1 aliphatic rings. The van der Waals surface area contributed by atoms with Gasteiger partial charge >= 0.3 is 0 Å². The SMILES string of the molecule is Cc1ccc(C(NC(=O)CSCC(=O)Nc2cccc(C)c2)C2CC2)cc1. The van der Waals surface area contributed by atoms with E-state index in [0.717, 1.165) is 24.1 Å². The zero-order valence-corrected chi connectivity index (χ0v) is 16.6. The Morgan fingerprint density at radius 3 is 2.37 bits per heavy atom. The highest BCUT2D eigenvalue weighted by atomic mass is 32.2. The Hall–Kier alpha value is -2.27. The van der Waals surface area contributed by atoms with Crippen LogP contribution < -0.4 is 10.6 Å². The van der Waals surface area contributed by atoms with Crippen molar-refractivity contribution in [1.29, 1.82) is 0 Å². The van der Waals surface area contributed by atoms with Gasteiger partial charge in [-0.1, -0.05) is 42.0 Å². The van der Waals surface area contributed by atoms with Gasteiger partial charge in [0.2, 0.25) is 11.8 Å². The van der Waals surface area contributed by atoms with E-state index in [2.05, 4.69) is 41.8 Å². The zero-order valence-electron chi connectivity index (χ0n) is 15.8. The summed E-state index contributed by atoms with van der Waals surface area (Å²) in [5, 5.41) is 6.02. The van der Waals surface area contributed by atoms with Crippen molar-refractivity contribution in [2.24, 2.45) is 5.92 Å². The molecule has 1 saturated carbocycles. The molecular formula is C22H26N2O2S. The van der Waals surface area contributed by atoms with Crippen LogP contribution in [-0.4, -0.2) is 23.3 Å². The van der Waals surface area contributed by atoms with Crippen molar-refractivity contribution >= 4 is 29.3 Å². The number of aryl methyl sites for hydroxylation is 2. The lowest BCUT2D eigenvalue weighted by molar-refractivity contribution is -0.119. The van der Waals surface area contributed by atoms with Crippen LogP contribution >= 0.6 is 11.8 Å². The lowest BCUT2D eigenvalue weighted by atomic mass is 10.0. The molecule has 0 saturated heterocycles. The smallest absolute Gasteiger partial charge is 0.234 e. The minimum absolute atomic E-state index is 0.0131. The Bertz CT molecular complexity index is 800. The molecule has 1 aliphatic carbocycles. The Morgan fingerprint density at radius 1 is 1.00 bits per heavy atom. The van der Waals surface area contributed by atoms with Crippen molar-refractivity contribution in [1.82, 2.24) is 5.32 Å². The number of hydrogen-bond donors (Lipinski definition) is 2. The van der Waals surface area contributed by atoms with Gasteiger partial charge in [0.05, 0.1) is 17.5 Å². The van der Waals surface area contributed by atoms with Gasteiger partial charge in [0, 0.05) is 5.69 Å². The third-order valence-corrected chi connectivity index (χ3v) is 5.55. The van der Waals surface area contributed by atoms with Gasteiger partial charge in [-0.2, -0.15) is 0 Å². The summed E-state index contributed by atoms with van der Waals surface area (Å²) in [7, 11) is 0. The molecule has 142 valence electrons. The molecule has 2 amide bonds. The minimum Gasteiger partial charge on any atom is -0.348 e. The maximum absolute atomic E-state index is 12.3. The Morgan fingerprint density at radius 2 is 1.70 bits per heavy atom. The van der Waals surface area contributed by atoms with Crippen molar-refractivity contribution in [3.63, 3.8) is 0 Å². The molecule has 0 bridgehead atoms. The molecule has 0 aliphatic heterocycles. The van der Waals surface area contributed by atoms with Gasteiger partial charge in [0.1, 0.15) is 0 Å². The topological polar surface area (TPSA) is 58.2 Å². The monoisotopic (exact) mass is 382 g/mol. The van der Waals surface area contributed by atoms with Gasteiger partial charge in [-0.05, 0) is 55.9 Å². The third-order valence-electron chi connectivity index (χ3n) is 4.61. The van der Waals surface area contributed by atoms with Crippen molar-refractivity contribution in [3.05, 3.63) is 65.2 Å². The fraction of sp³-hybridized carbons (Fsp3) is 0.364. The van der Waals surface area contributed by atoms with E-state index in [9.17, 15) is 9.59 Å². The average molecular weight is 383 g/mol. The molecule has 2 aromatic rings. The van der Waals surface area contributed by atoms with Crippen LogP contribution in [0, 0.1) is 19.8 Å². The van der Waals surface area contributed by atoms with E-state index in [4.69, 9.17) is 0 Å². The van der Waals surface area contributed by atoms with Gasteiger partial charge in [0.25, 0.3) is 0 Å². The number of nitrogens with one attached hydrogen (secondary N) is 2. The first-order valence-corrected chi connectivity index (χ1v) is 10.5. The van der Waals surface area contributed by atoms with Crippen LogP contribution in [0.25, 0.3) is 0 Å². The van der Waals surface area contributed by atoms with Crippen LogP contribution in [0.4, 0.5) is 5.69 Å². The molecule has 0 heterocycles. The van der Waals surface area contributed by atoms with Gasteiger partial charge in [-0.25, -0.2) is 0 Å². The largest absolute Gasteiger partial charge is 0.348 e. The van der Waals surface area contributed by atoms with Crippen molar-refractivity contribution in [3.8, 4) is 0 Å². The first kappa shape index (κ1) is 19.5. The normalized spacial score (nSPS) is 14.4. The molecule has 0 radical (unpaired) electrons. The maximum Gasteiger partial charge on any atom is 0.234 e. The Balaban J connectivity index is 1.44. The highest BCUT2D eigenvalue weighted by Crippen LogP contribution is 2.41. The lowest BCUT2D eigenvalue weighted by Crippen LogP contribution is -2.31. The predicted octanol–water partition coefficient (Wildman–Crippen LogP) is 4.24.